The van der Waals surface area contributed by atoms with Gasteiger partial charge in [-0.15, -0.1) is 0 Å². The third kappa shape index (κ3) is 5.68. The molecule has 0 radical (unpaired) electrons. The van der Waals surface area contributed by atoms with Gasteiger partial charge in [0, 0.05) is 45.7 Å². The number of hydrogen-bond acceptors (Lipinski definition) is 4. The molecule has 158 valence electrons. The second-order valence-electron chi connectivity index (χ2n) is 8.93. The van der Waals surface area contributed by atoms with Crippen molar-refractivity contribution in [3.63, 3.8) is 0 Å². The molecule has 2 aliphatic rings. The zero-order valence-electron chi connectivity index (χ0n) is 18.1. The SMILES string of the molecule is Cc1ccccc1CN1CCC(CN(Cc2nccn2C)CC2CCCO2)CC1. The molecule has 3 heterocycles. The van der Waals surface area contributed by atoms with Crippen LogP contribution in [-0.2, 0) is 24.9 Å². The molecule has 0 N–H and O–H groups in total. The fourth-order valence-electron chi connectivity index (χ4n) is 4.75. The summed E-state index contributed by atoms with van der Waals surface area (Å²) < 4.78 is 8.09. The molecule has 2 fully saturated rings. The Balaban J connectivity index is 1.30. The number of rotatable bonds is 8. The van der Waals surface area contributed by atoms with Crippen molar-refractivity contribution in [1.82, 2.24) is 19.4 Å². The highest BCUT2D eigenvalue weighted by molar-refractivity contribution is 5.25. The molecule has 1 aromatic heterocycles. The summed E-state index contributed by atoms with van der Waals surface area (Å²) in [7, 11) is 2.09. The second kappa shape index (κ2) is 9.88. The molecule has 5 heteroatoms. The summed E-state index contributed by atoms with van der Waals surface area (Å²) in [5, 5.41) is 0. The van der Waals surface area contributed by atoms with Gasteiger partial charge in [-0.2, -0.15) is 0 Å². The van der Waals surface area contributed by atoms with Crippen LogP contribution in [0, 0.1) is 12.8 Å². The molecular formula is C24H36N4O. The van der Waals surface area contributed by atoms with Gasteiger partial charge in [-0.1, -0.05) is 24.3 Å². The summed E-state index contributed by atoms with van der Waals surface area (Å²) in [6, 6.07) is 8.80. The monoisotopic (exact) mass is 396 g/mol. The third-order valence-electron chi connectivity index (χ3n) is 6.65. The molecule has 1 atom stereocenters. The molecule has 0 saturated carbocycles. The summed E-state index contributed by atoms with van der Waals surface area (Å²) in [6.45, 7) is 9.77. The highest BCUT2D eigenvalue weighted by Gasteiger charge is 2.25. The average Bonchev–Trinajstić information content (AvgIpc) is 3.37. The van der Waals surface area contributed by atoms with Gasteiger partial charge in [-0.05, 0) is 62.7 Å². The molecule has 0 amide bonds. The zero-order chi connectivity index (χ0) is 20.1. The first-order valence-corrected chi connectivity index (χ1v) is 11.2. The van der Waals surface area contributed by atoms with Gasteiger partial charge in [0.05, 0.1) is 12.6 Å². The van der Waals surface area contributed by atoms with Crippen LogP contribution >= 0.6 is 0 Å². The van der Waals surface area contributed by atoms with Crippen LogP contribution in [0.5, 0.6) is 0 Å². The maximum absolute atomic E-state index is 5.94. The Morgan fingerprint density at radius 1 is 1.14 bits per heavy atom. The molecule has 1 unspecified atom stereocenters. The normalized spacial score (nSPS) is 21.3. The van der Waals surface area contributed by atoms with Gasteiger partial charge in [0.1, 0.15) is 5.82 Å². The quantitative estimate of drug-likeness (QED) is 0.682. The van der Waals surface area contributed by atoms with E-state index >= 15 is 0 Å². The standard InChI is InChI=1S/C24H36N4O/c1-20-6-3-4-7-22(20)17-27-12-9-21(10-13-27)16-28(18-23-8-5-15-29-23)19-24-25-11-14-26(24)2/h3-4,6-7,11,14,21,23H,5,8-10,12-13,15-19H2,1-2H3. The Labute approximate surface area is 175 Å². The number of nitrogens with zero attached hydrogens (tertiary/aromatic N) is 4. The minimum absolute atomic E-state index is 0.399. The van der Waals surface area contributed by atoms with Crippen molar-refractivity contribution in [3.8, 4) is 0 Å². The molecular weight excluding hydrogens is 360 g/mol. The first kappa shape index (κ1) is 20.6. The topological polar surface area (TPSA) is 33.5 Å². The average molecular weight is 397 g/mol. The van der Waals surface area contributed by atoms with Gasteiger partial charge in [0.25, 0.3) is 0 Å². The van der Waals surface area contributed by atoms with Gasteiger partial charge >= 0.3 is 0 Å². The van der Waals surface area contributed by atoms with Crippen LogP contribution in [0.4, 0.5) is 0 Å². The van der Waals surface area contributed by atoms with Gasteiger partial charge in [0.2, 0.25) is 0 Å². The summed E-state index contributed by atoms with van der Waals surface area (Å²) in [5.74, 6) is 1.92. The van der Waals surface area contributed by atoms with Crippen LogP contribution in [0.15, 0.2) is 36.7 Å². The van der Waals surface area contributed by atoms with Crippen molar-refractivity contribution in [3.05, 3.63) is 53.6 Å². The largest absolute Gasteiger partial charge is 0.377 e. The van der Waals surface area contributed by atoms with E-state index in [1.165, 1.54) is 49.9 Å². The molecule has 5 nitrogen and oxygen atoms in total. The summed E-state index contributed by atoms with van der Waals surface area (Å²) >= 11 is 0. The number of aryl methyl sites for hydroxylation is 2. The van der Waals surface area contributed by atoms with E-state index in [9.17, 15) is 0 Å². The third-order valence-corrected chi connectivity index (χ3v) is 6.65. The lowest BCUT2D eigenvalue weighted by Gasteiger charge is -2.35. The first-order valence-electron chi connectivity index (χ1n) is 11.2. The lowest BCUT2D eigenvalue weighted by molar-refractivity contribution is 0.0557. The van der Waals surface area contributed by atoms with E-state index < -0.39 is 0 Å². The van der Waals surface area contributed by atoms with Crippen molar-refractivity contribution in [2.75, 3.05) is 32.8 Å². The van der Waals surface area contributed by atoms with Crippen molar-refractivity contribution in [1.29, 1.82) is 0 Å². The van der Waals surface area contributed by atoms with Crippen molar-refractivity contribution in [2.45, 2.75) is 51.8 Å². The van der Waals surface area contributed by atoms with Crippen molar-refractivity contribution >= 4 is 0 Å². The summed E-state index contributed by atoms with van der Waals surface area (Å²) in [5.41, 5.74) is 2.88. The number of likely N-dealkylation sites (tertiary alicyclic amines) is 1. The molecule has 2 aliphatic heterocycles. The minimum atomic E-state index is 0.399. The highest BCUT2D eigenvalue weighted by atomic mass is 16.5. The Bertz CT molecular complexity index is 760. The lowest BCUT2D eigenvalue weighted by Crippen LogP contribution is -2.41. The van der Waals surface area contributed by atoms with E-state index in [0.717, 1.165) is 44.5 Å². The Hall–Kier alpha value is -1.69. The predicted octanol–water partition coefficient (Wildman–Crippen LogP) is 3.62. The van der Waals surface area contributed by atoms with E-state index in [0.29, 0.717) is 6.10 Å². The number of benzene rings is 1. The molecule has 0 aliphatic carbocycles. The van der Waals surface area contributed by atoms with E-state index in [1.807, 2.05) is 12.4 Å². The van der Waals surface area contributed by atoms with E-state index in [4.69, 9.17) is 4.74 Å². The molecule has 0 spiro atoms. The van der Waals surface area contributed by atoms with Crippen LogP contribution in [0.25, 0.3) is 0 Å². The molecule has 2 aromatic rings. The summed E-state index contributed by atoms with van der Waals surface area (Å²) in [4.78, 5) is 9.79. The van der Waals surface area contributed by atoms with Gasteiger partial charge < -0.3 is 9.30 Å². The molecule has 0 bridgehead atoms. The Morgan fingerprint density at radius 2 is 1.97 bits per heavy atom. The number of ether oxygens (including phenoxy) is 1. The molecule has 4 rings (SSSR count). The Kier molecular flexibility index (Phi) is 7.01. The second-order valence-corrected chi connectivity index (χ2v) is 8.93. The van der Waals surface area contributed by atoms with Crippen LogP contribution in [0.1, 0.15) is 42.6 Å². The van der Waals surface area contributed by atoms with Gasteiger partial charge in [-0.3, -0.25) is 9.80 Å². The van der Waals surface area contributed by atoms with E-state index in [1.54, 1.807) is 0 Å². The lowest BCUT2D eigenvalue weighted by atomic mass is 9.95. The Morgan fingerprint density at radius 3 is 2.66 bits per heavy atom. The molecule has 1 aromatic carbocycles. The predicted molar refractivity (Wildman–Crippen MR) is 117 cm³/mol. The van der Waals surface area contributed by atoms with Crippen LogP contribution in [-0.4, -0.2) is 58.2 Å². The number of hydrogen-bond donors (Lipinski definition) is 0. The van der Waals surface area contributed by atoms with Crippen LogP contribution in [0.2, 0.25) is 0 Å². The highest BCUT2D eigenvalue weighted by Crippen LogP contribution is 2.23. The fourth-order valence-corrected chi connectivity index (χ4v) is 4.75. The minimum Gasteiger partial charge on any atom is -0.377 e. The van der Waals surface area contributed by atoms with Crippen LogP contribution < -0.4 is 0 Å². The van der Waals surface area contributed by atoms with Gasteiger partial charge in [-0.25, -0.2) is 4.98 Å². The van der Waals surface area contributed by atoms with Crippen molar-refractivity contribution < 1.29 is 4.74 Å². The van der Waals surface area contributed by atoms with E-state index in [2.05, 4.69) is 57.6 Å². The van der Waals surface area contributed by atoms with Gasteiger partial charge in [0.15, 0.2) is 0 Å². The molecule has 2 saturated heterocycles. The smallest absolute Gasteiger partial charge is 0.122 e. The summed E-state index contributed by atoms with van der Waals surface area (Å²) in [6.07, 6.45) is 9.33. The number of imidazole rings is 1. The number of aromatic nitrogens is 2. The fraction of sp³-hybridized carbons (Fsp3) is 0.625. The maximum atomic E-state index is 5.94. The zero-order valence-corrected chi connectivity index (χ0v) is 18.1. The van der Waals surface area contributed by atoms with Crippen molar-refractivity contribution in [2.24, 2.45) is 13.0 Å². The van der Waals surface area contributed by atoms with Crippen LogP contribution in [0.3, 0.4) is 0 Å². The molecule has 29 heavy (non-hydrogen) atoms. The maximum Gasteiger partial charge on any atom is 0.122 e. The first-order chi connectivity index (χ1) is 14.2. The number of piperidine rings is 1. The van der Waals surface area contributed by atoms with E-state index in [-0.39, 0.29) is 0 Å².